The van der Waals surface area contributed by atoms with Gasteiger partial charge in [-0.25, -0.2) is 0 Å². The third-order valence-corrected chi connectivity index (χ3v) is 4.82. The van der Waals surface area contributed by atoms with Gasteiger partial charge in [0.1, 0.15) is 0 Å². The molecule has 104 valence electrons. The van der Waals surface area contributed by atoms with E-state index in [1.54, 1.807) is 0 Å². The Labute approximate surface area is 118 Å². The van der Waals surface area contributed by atoms with Gasteiger partial charge < -0.3 is 11.2 Å². The van der Waals surface area contributed by atoms with Crippen LogP contribution in [0.25, 0.3) is 0 Å². The van der Waals surface area contributed by atoms with Crippen LogP contribution in [0.3, 0.4) is 0 Å². The standard InChI is InChI=1S/C6H16N2.2C4H9.Al.H/c1-7(2)5-6-8(3)4;2*1-4(2)3;;/h5-6H2,1-4H3;2*4H,1H2,2-3H3;;/q;;;+1;-1. The van der Waals surface area contributed by atoms with E-state index in [1.165, 1.54) is 10.6 Å². The summed E-state index contributed by atoms with van der Waals surface area (Å²) in [7, 11) is 8.35. The van der Waals surface area contributed by atoms with Crippen molar-refractivity contribution in [3.05, 3.63) is 0 Å². The van der Waals surface area contributed by atoms with Gasteiger partial charge in [-0.05, 0) is 28.2 Å². The molecule has 0 radical (unpaired) electrons. The number of nitrogens with zero attached hydrogens (tertiary/aromatic N) is 2. The van der Waals surface area contributed by atoms with Crippen LogP contribution in [-0.2, 0) is 0 Å². The minimum absolute atomic E-state index is 0. The Hall–Kier alpha value is 0.452. The molecule has 0 heterocycles. The summed E-state index contributed by atoms with van der Waals surface area (Å²) in [5, 5.41) is 2.97. The van der Waals surface area contributed by atoms with Crippen LogP contribution in [0.4, 0.5) is 0 Å². The maximum atomic E-state index is 2.31. The van der Waals surface area contributed by atoms with Crippen LogP contribution in [0.15, 0.2) is 0 Å². The summed E-state index contributed by atoms with van der Waals surface area (Å²) in [6.45, 7) is 11.5. The van der Waals surface area contributed by atoms with Crippen molar-refractivity contribution in [3.63, 3.8) is 0 Å². The van der Waals surface area contributed by atoms with Crippen molar-refractivity contribution >= 4 is 15.2 Å². The van der Waals surface area contributed by atoms with Crippen molar-refractivity contribution in [1.82, 2.24) is 9.80 Å². The number of hydrogen-bond acceptors (Lipinski definition) is 2. The molecule has 0 aromatic rings. The summed E-state index contributed by atoms with van der Waals surface area (Å²) in [6.07, 6.45) is 0. The van der Waals surface area contributed by atoms with Crippen molar-refractivity contribution in [1.29, 1.82) is 0 Å². The van der Waals surface area contributed by atoms with Crippen LogP contribution >= 0.6 is 0 Å². The van der Waals surface area contributed by atoms with Gasteiger partial charge in [0.15, 0.2) is 0 Å². The van der Waals surface area contributed by atoms with Crippen LogP contribution in [-0.4, -0.2) is 66.3 Å². The summed E-state index contributed by atoms with van der Waals surface area (Å²) in [5.41, 5.74) is 0. The molecule has 0 unspecified atom stereocenters. The summed E-state index contributed by atoms with van der Waals surface area (Å²) >= 11 is 0.755. The van der Waals surface area contributed by atoms with Crippen LogP contribution in [0.2, 0.25) is 10.6 Å². The maximum absolute atomic E-state index is 2.31. The minimum Gasteiger partial charge on any atom is -1.00 e. The molecule has 0 saturated carbocycles. The summed E-state index contributed by atoms with van der Waals surface area (Å²) in [6, 6.07) is 0. The topological polar surface area (TPSA) is 6.48 Å². The van der Waals surface area contributed by atoms with Crippen LogP contribution in [0.5, 0.6) is 0 Å². The fraction of sp³-hybridized carbons (Fsp3) is 1.00. The molecule has 2 nitrogen and oxygen atoms in total. The van der Waals surface area contributed by atoms with E-state index in [4.69, 9.17) is 0 Å². The molecule has 0 amide bonds. The van der Waals surface area contributed by atoms with E-state index < -0.39 is 0 Å². The van der Waals surface area contributed by atoms with Gasteiger partial charge in [-0.3, -0.25) is 0 Å². The quantitative estimate of drug-likeness (QED) is 0.648. The van der Waals surface area contributed by atoms with Gasteiger partial charge in [0.2, 0.25) is 0 Å². The van der Waals surface area contributed by atoms with Crippen molar-refractivity contribution < 1.29 is 1.43 Å². The summed E-state index contributed by atoms with van der Waals surface area (Å²) in [5.74, 6) is 1.86. The van der Waals surface area contributed by atoms with E-state index in [1.807, 2.05) is 0 Å². The number of hydrogen-bond donors (Lipinski definition) is 0. The van der Waals surface area contributed by atoms with Gasteiger partial charge in [-0.15, -0.1) is 0 Å². The van der Waals surface area contributed by atoms with Crippen molar-refractivity contribution in [2.45, 2.75) is 38.3 Å². The third kappa shape index (κ3) is 26.2. The predicted octanol–water partition coefficient (Wildman–Crippen LogP) is 3.06. The van der Waals surface area contributed by atoms with Crippen molar-refractivity contribution in [3.8, 4) is 0 Å². The van der Waals surface area contributed by atoms with Gasteiger partial charge in [0.05, 0.1) is 0 Å². The number of likely N-dealkylation sites (N-methyl/N-ethyl adjacent to an activating group) is 2. The molecule has 0 rings (SSSR count). The third-order valence-electron chi connectivity index (χ3n) is 2.27. The zero-order valence-electron chi connectivity index (χ0n) is 14.5. The molecule has 0 aliphatic rings. The van der Waals surface area contributed by atoms with Crippen LogP contribution in [0.1, 0.15) is 29.1 Å². The first-order valence-corrected chi connectivity index (χ1v) is 8.50. The average molecular weight is 258 g/mol. The second-order valence-electron chi connectivity index (χ2n) is 6.15. The monoisotopic (exact) mass is 258 g/mol. The molecule has 0 aromatic heterocycles. The predicted molar refractivity (Wildman–Crippen MR) is 83.3 cm³/mol. The largest absolute Gasteiger partial charge is 1.00 e. The normalized spacial score (nSPS) is 10.8. The van der Waals surface area contributed by atoms with Gasteiger partial charge in [-0.2, -0.15) is 0 Å². The second-order valence-corrected chi connectivity index (χ2v) is 7.67. The molecule has 0 aliphatic heterocycles. The van der Waals surface area contributed by atoms with Crippen molar-refractivity contribution in [2.75, 3.05) is 41.3 Å². The van der Waals surface area contributed by atoms with E-state index in [0.29, 0.717) is 0 Å². The molecule has 0 bridgehead atoms. The molecule has 0 N–H and O–H groups in total. The van der Waals surface area contributed by atoms with E-state index >= 15 is 0 Å². The van der Waals surface area contributed by atoms with Crippen molar-refractivity contribution in [2.24, 2.45) is 11.8 Å². The first-order valence-electron chi connectivity index (χ1n) is 6.86. The first-order chi connectivity index (χ1) is 7.75. The van der Waals surface area contributed by atoms with E-state index in [9.17, 15) is 0 Å². The average Bonchev–Trinajstić information content (AvgIpc) is 2.14. The van der Waals surface area contributed by atoms with E-state index in [-0.39, 0.29) is 1.43 Å². The van der Waals surface area contributed by atoms with Gasteiger partial charge in [0, 0.05) is 13.1 Å². The Bertz CT molecular complexity index is 135. The fourth-order valence-electron chi connectivity index (χ4n) is 1.16. The van der Waals surface area contributed by atoms with E-state index in [0.717, 1.165) is 40.1 Å². The van der Waals surface area contributed by atoms with Gasteiger partial charge >= 0.3 is 65.3 Å². The molecule has 0 saturated heterocycles. The SMILES string of the molecule is CC(C)[CH2][Al+][CH2]C(C)C.CN(C)CCN(C)C.[H-]. The second kappa shape index (κ2) is 12.9. The Morgan fingerprint density at radius 2 is 1.06 bits per heavy atom. The van der Waals surface area contributed by atoms with Gasteiger partial charge in [0.25, 0.3) is 0 Å². The molecule has 0 aliphatic carbocycles. The smallest absolute Gasteiger partial charge is 0.0103 e. The Kier molecular flexibility index (Phi) is 15.0. The maximum Gasteiger partial charge on any atom is 0.0103 e. The van der Waals surface area contributed by atoms with Crippen LogP contribution in [0, 0.1) is 11.8 Å². The zero-order chi connectivity index (χ0) is 13.8. The molecule has 0 aromatic carbocycles. The molecule has 0 spiro atoms. The van der Waals surface area contributed by atoms with Crippen LogP contribution < -0.4 is 0 Å². The fourth-order valence-corrected chi connectivity index (χ4v) is 2.69. The Balaban J connectivity index is -0.000000238. The molecule has 17 heavy (non-hydrogen) atoms. The summed E-state index contributed by atoms with van der Waals surface area (Å²) < 4.78 is 0. The zero-order valence-corrected chi connectivity index (χ0v) is 14.6. The molecular weight excluding hydrogens is 223 g/mol. The molecule has 3 heteroatoms. The number of rotatable bonds is 7. The first kappa shape index (κ1) is 19.8. The van der Waals surface area contributed by atoms with Gasteiger partial charge in [-0.1, -0.05) is 0 Å². The molecular formula is C14H35AlN2. The Morgan fingerprint density at radius 3 is 1.24 bits per heavy atom. The molecule has 0 fully saturated rings. The summed E-state index contributed by atoms with van der Waals surface area (Å²) in [4.78, 5) is 4.36. The minimum atomic E-state index is 0. The molecule has 0 atom stereocenters. The Morgan fingerprint density at radius 1 is 0.765 bits per heavy atom. The van der Waals surface area contributed by atoms with E-state index in [2.05, 4.69) is 65.7 Å².